The zero-order chi connectivity index (χ0) is 25.1. The lowest BCUT2D eigenvalue weighted by atomic mass is 9.92. The van der Waals surface area contributed by atoms with Crippen LogP contribution < -0.4 is 0 Å². The largest absolute Gasteiger partial charge is 0.386 e. The third-order valence-corrected chi connectivity index (χ3v) is 7.06. The zero-order valence-corrected chi connectivity index (χ0v) is 22.9. The van der Waals surface area contributed by atoms with Gasteiger partial charge in [0.25, 0.3) is 0 Å². The van der Waals surface area contributed by atoms with Crippen molar-refractivity contribution in [2.45, 2.75) is 58.0 Å². The van der Waals surface area contributed by atoms with Crippen molar-refractivity contribution in [1.29, 1.82) is 0 Å². The lowest BCUT2D eigenvalue weighted by Gasteiger charge is -2.20. The number of hydrogen-bond donors (Lipinski definition) is 1. The molecule has 2 rings (SSSR count). The molecule has 2 unspecified atom stereocenters. The van der Waals surface area contributed by atoms with E-state index in [2.05, 4.69) is 70.4 Å². The van der Waals surface area contributed by atoms with E-state index in [0.717, 1.165) is 42.4 Å². The van der Waals surface area contributed by atoms with Crippen LogP contribution in [0.2, 0.25) is 0 Å². The van der Waals surface area contributed by atoms with Gasteiger partial charge in [-0.05, 0) is 85.2 Å². The molecule has 1 nitrogen and oxygen atoms in total. The van der Waals surface area contributed by atoms with Crippen LogP contribution in [0, 0.1) is 5.92 Å². The summed E-state index contributed by atoms with van der Waals surface area (Å²) in [7, 11) is 0. The molecule has 0 saturated heterocycles. The van der Waals surface area contributed by atoms with Gasteiger partial charge in [0.2, 0.25) is 0 Å². The van der Waals surface area contributed by atoms with E-state index in [-0.39, 0.29) is 0 Å². The predicted molar refractivity (Wildman–Crippen MR) is 157 cm³/mol. The average Bonchev–Trinajstić information content (AvgIpc) is 3.13. The molecule has 0 radical (unpaired) electrons. The van der Waals surface area contributed by atoms with Gasteiger partial charge in [-0.1, -0.05) is 74.8 Å². The molecule has 3 heteroatoms. The van der Waals surface area contributed by atoms with Crippen LogP contribution in [0.4, 0.5) is 0 Å². The monoisotopic (exact) mass is 486 g/mol. The zero-order valence-electron chi connectivity index (χ0n) is 21.3. The van der Waals surface area contributed by atoms with Crippen molar-refractivity contribution in [3.05, 3.63) is 97.7 Å². The smallest absolute Gasteiger partial charge is 0.0839 e. The van der Waals surface area contributed by atoms with Gasteiger partial charge in [-0.3, -0.25) is 0 Å². The lowest BCUT2D eigenvalue weighted by Crippen LogP contribution is -2.21. The van der Waals surface area contributed by atoms with Crippen molar-refractivity contribution in [3.63, 3.8) is 0 Å². The minimum atomic E-state index is -0.836. The fraction of sp³-hybridized carbons (Fsp3) is 0.467. The van der Waals surface area contributed by atoms with Crippen LogP contribution in [0.15, 0.2) is 97.7 Å². The second-order valence-corrected chi connectivity index (χ2v) is 10.8. The summed E-state index contributed by atoms with van der Waals surface area (Å²) in [4.78, 5) is 0. The van der Waals surface area contributed by atoms with E-state index in [0.29, 0.717) is 12.3 Å². The Morgan fingerprint density at radius 2 is 1.85 bits per heavy atom. The van der Waals surface area contributed by atoms with Gasteiger partial charge < -0.3 is 5.11 Å². The van der Waals surface area contributed by atoms with Crippen molar-refractivity contribution < 1.29 is 5.11 Å². The first-order valence-electron chi connectivity index (χ1n) is 11.9. The van der Waals surface area contributed by atoms with Crippen LogP contribution in [0.5, 0.6) is 0 Å². The highest BCUT2D eigenvalue weighted by Crippen LogP contribution is 2.31. The molecule has 0 heterocycles. The fourth-order valence-electron chi connectivity index (χ4n) is 3.69. The van der Waals surface area contributed by atoms with Crippen LogP contribution in [-0.4, -0.2) is 34.2 Å². The van der Waals surface area contributed by atoms with Crippen molar-refractivity contribution >= 4 is 23.5 Å². The molecule has 1 N–H and O–H groups in total. The highest BCUT2D eigenvalue weighted by atomic mass is 32.2. The van der Waals surface area contributed by atoms with Crippen molar-refractivity contribution in [1.82, 2.24) is 0 Å². The van der Waals surface area contributed by atoms with E-state index >= 15 is 0 Å². The molecule has 1 fully saturated rings. The molecule has 1 saturated carbocycles. The Bertz CT molecular complexity index is 716. The average molecular weight is 487 g/mol. The van der Waals surface area contributed by atoms with E-state index in [1.807, 2.05) is 48.7 Å². The molecule has 33 heavy (non-hydrogen) atoms. The second-order valence-electron chi connectivity index (χ2n) is 8.37. The molecular formula is C30H46OS2. The van der Waals surface area contributed by atoms with Crippen molar-refractivity contribution in [2.75, 3.05) is 23.5 Å². The van der Waals surface area contributed by atoms with Crippen LogP contribution >= 0.6 is 23.5 Å². The van der Waals surface area contributed by atoms with Crippen LogP contribution in [0.25, 0.3) is 0 Å². The first kappa shape index (κ1) is 31.6. The minimum Gasteiger partial charge on any atom is -0.386 e. The molecule has 0 aliphatic heterocycles. The van der Waals surface area contributed by atoms with Gasteiger partial charge in [-0.15, -0.1) is 13.2 Å². The Morgan fingerprint density at radius 1 is 1.15 bits per heavy atom. The summed E-state index contributed by atoms with van der Waals surface area (Å²) in [5.74, 6) is 4.48. The molecule has 0 amide bonds. The maximum Gasteiger partial charge on any atom is 0.0839 e. The van der Waals surface area contributed by atoms with E-state index in [1.54, 1.807) is 0 Å². The highest BCUT2D eigenvalue weighted by Gasteiger charge is 2.21. The Balaban J connectivity index is 0.000000868. The van der Waals surface area contributed by atoms with Gasteiger partial charge in [-0.2, -0.15) is 23.5 Å². The van der Waals surface area contributed by atoms with E-state index in [1.165, 1.54) is 29.3 Å². The topological polar surface area (TPSA) is 20.2 Å². The lowest BCUT2D eigenvalue weighted by molar-refractivity contribution is 0.112. The highest BCUT2D eigenvalue weighted by molar-refractivity contribution is 7.99. The normalized spacial score (nSPS) is 19.6. The number of rotatable bonds is 11. The van der Waals surface area contributed by atoms with Crippen molar-refractivity contribution in [3.8, 4) is 0 Å². The van der Waals surface area contributed by atoms with Gasteiger partial charge in [0.05, 0.1) is 5.60 Å². The molecular weight excluding hydrogens is 440 g/mol. The number of aliphatic hydroxyl groups is 1. The first-order valence-corrected chi connectivity index (χ1v) is 14.4. The summed E-state index contributed by atoms with van der Waals surface area (Å²) in [6.45, 7) is 21.9. The van der Waals surface area contributed by atoms with Gasteiger partial charge in [0.1, 0.15) is 0 Å². The minimum absolute atomic E-state index is 0.533. The predicted octanol–water partition coefficient (Wildman–Crippen LogP) is 8.89. The maximum absolute atomic E-state index is 10.7. The number of hydrogen-bond acceptors (Lipinski definition) is 3. The summed E-state index contributed by atoms with van der Waals surface area (Å²) < 4.78 is 0. The molecule has 2 aliphatic carbocycles. The molecule has 0 aromatic heterocycles. The molecule has 0 spiro atoms. The van der Waals surface area contributed by atoms with Crippen LogP contribution in [0.1, 0.15) is 52.4 Å². The standard InChI is InChI=1S/C22H28O.C6H14S2.C2H4/c1-5-20-9-7-8-19(15-21(20)6-2)16-22(4,23)13-12-18-11-10-17(3)14-18;1-3-8-6-4-5-7-2;1-2/h5-6,8-9,12-13,15,18,23H,1-3,7,10-11,14,16H2,4H3;3-6H2,1-2H3;1-2H2/b13-12+;;. The van der Waals surface area contributed by atoms with Gasteiger partial charge in [0, 0.05) is 6.42 Å². The summed E-state index contributed by atoms with van der Waals surface area (Å²) >= 11 is 3.97. The Kier molecular flexibility index (Phi) is 18.1. The van der Waals surface area contributed by atoms with Crippen LogP contribution in [0.3, 0.4) is 0 Å². The summed E-state index contributed by atoms with van der Waals surface area (Å²) in [6, 6.07) is 0. The van der Waals surface area contributed by atoms with E-state index in [9.17, 15) is 5.11 Å². The van der Waals surface area contributed by atoms with E-state index in [4.69, 9.17) is 0 Å². The summed E-state index contributed by atoms with van der Waals surface area (Å²) in [6.07, 6.45) is 22.6. The van der Waals surface area contributed by atoms with E-state index < -0.39 is 5.60 Å². The molecule has 0 aromatic carbocycles. The summed E-state index contributed by atoms with van der Waals surface area (Å²) in [5, 5.41) is 10.7. The number of thioether (sulfide) groups is 2. The number of allylic oxidation sites excluding steroid dienone is 9. The van der Waals surface area contributed by atoms with Gasteiger partial charge >= 0.3 is 0 Å². The molecule has 2 aliphatic rings. The van der Waals surface area contributed by atoms with Gasteiger partial charge in [-0.25, -0.2) is 0 Å². The second kappa shape index (κ2) is 18.9. The Morgan fingerprint density at radius 3 is 2.39 bits per heavy atom. The summed E-state index contributed by atoms with van der Waals surface area (Å²) in [5.41, 5.74) is 3.80. The first-order chi connectivity index (χ1) is 15.8. The van der Waals surface area contributed by atoms with Gasteiger partial charge in [0.15, 0.2) is 0 Å². The quantitative estimate of drug-likeness (QED) is 0.232. The fourth-order valence-corrected chi connectivity index (χ4v) is 4.95. The SMILES string of the molecule is C=C.C=CC1=CCC=C(CC(C)(O)/C=C/C2CCC(=C)C2)C=C1C=C.CCSCCCSC. The molecule has 2 atom stereocenters. The third kappa shape index (κ3) is 14.4. The van der Waals surface area contributed by atoms with Crippen molar-refractivity contribution in [2.24, 2.45) is 5.92 Å². The van der Waals surface area contributed by atoms with Crippen LogP contribution in [-0.2, 0) is 0 Å². The molecule has 184 valence electrons. The Hall–Kier alpha value is -1.42. The Labute approximate surface area is 213 Å². The maximum atomic E-state index is 10.7. The third-order valence-electron chi connectivity index (χ3n) is 5.38. The molecule has 0 bridgehead atoms. The molecule has 0 aromatic rings.